The van der Waals surface area contributed by atoms with Gasteiger partial charge in [-0.15, -0.1) is 5.10 Å². The van der Waals surface area contributed by atoms with Gasteiger partial charge in [-0.05, 0) is 26.3 Å². The van der Waals surface area contributed by atoms with E-state index in [-0.39, 0.29) is 0 Å². The average Bonchev–Trinajstić information content (AvgIpc) is 3.07. The van der Waals surface area contributed by atoms with Crippen LogP contribution in [0, 0.1) is 0 Å². The first kappa shape index (κ1) is 15.2. The molecule has 0 N–H and O–H groups in total. The molecule has 21 heavy (non-hydrogen) atoms. The van der Waals surface area contributed by atoms with E-state index in [1.54, 1.807) is 4.68 Å². The van der Waals surface area contributed by atoms with Crippen LogP contribution in [0.25, 0.3) is 0 Å². The Kier molecular flexibility index (Phi) is 4.72. The topological polar surface area (TPSA) is 74.8 Å². The summed E-state index contributed by atoms with van der Waals surface area (Å²) in [6.45, 7) is 6.69. The minimum Gasteiger partial charge on any atom is -0.464 e. The van der Waals surface area contributed by atoms with Gasteiger partial charge in [0.05, 0.1) is 25.0 Å². The summed E-state index contributed by atoms with van der Waals surface area (Å²) in [5.41, 5.74) is 1.98. The number of hydrogen-bond acceptors (Lipinski definition) is 5. The molecule has 7 heteroatoms. The minimum atomic E-state index is -0.447. The number of methoxy groups -OCH3 is 1. The van der Waals surface area contributed by atoms with E-state index in [0.717, 1.165) is 24.2 Å². The van der Waals surface area contributed by atoms with Crippen molar-refractivity contribution in [2.24, 2.45) is 0 Å². The molecule has 0 unspecified atom stereocenters. The lowest BCUT2D eigenvalue weighted by Crippen LogP contribution is -2.11. The number of hydrogen-bond donors (Lipinski definition) is 0. The summed E-state index contributed by atoms with van der Waals surface area (Å²) in [6, 6.07) is 2.27. The van der Waals surface area contributed by atoms with E-state index in [1.165, 1.54) is 7.11 Å². The third-order valence-corrected chi connectivity index (χ3v) is 3.21. The van der Waals surface area contributed by atoms with Crippen LogP contribution in [0.3, 0.4) is 0 Å². The molecule has 0 amide bonds. The van der Waals surface area contributed by atoms with Crippen LogP contribution in [0.2, 0.25) is 0 Å². The van der Waals surface area contributed by atoms with Crippen LogP contribution in [-0.4, -0.2) is 37.9 Å². The van der Waals surface area contributed by atoms with Crippen molar-refractivity contribution >= 4 is 5.97 Å². The van der Waals surface area contributed by atoms with Crippen molar-refractivity contribution in [1.29, 1.82) is 0 Å². The third kappa shape index (κ3) is 3.29. The molecule has 114 valence electrons. The number of carbonyl (C=O) groups is 1. The van der Waals surface area contributed by atoms with Crippen molar-refractivity contribution in [3.63, 3.8) is 0 Å². The number of carbonyl (C=O) groups excluding carboxylic acids is 1. The van der Waals surface area contributed by atoms with Gasteiger partial charge in [-0.25, -0.2) is 9.48 Å². The quantitative estimate of drug-likeness (QED) is 0.759. The molecule has 0 radical (unpaired) electrons. The van der Waals surface area contributed by atoms with E-state index in [4.69, 9.17) is 4.74 Å². The molecule has 7 nitrogen and oxygen atoms in total. The summed E-state index contributed by atoms with van der Waals surface area (Å²) < 4.78 is 8.37. The van der Waals surface area contributed by atoms with E-state index in [9.17, 15) is 4.79 Å². The van der Waals surface area contributed by atoms with Crippen LogP contribution in [0.15, 0.2) is 12.3 Å². The summed E-state index contributed by atoms with van der Waals surface area (Å²) in [7, 11) is 1.35. The highest BCUT2D eigenvalue weighted by Gasteiger charge is 2.20. The average molecular weight is 291 g/mol. The number of ether oxygens (including phenoxy) is 1. The first-order valence-electron chi connectivity index (χ1n) is 7.11. The maximum atomic E-state index is 11.7. The number of rotatable bonds is 6. The molecule has 0 aliphatic heterocycles. The fourth-order valence-corrected chi connectivity index (χ4v) is 2.10. The van der Waals surface area contributed by atoms with Crippen LogP contribution in [0.1, 0.15) is 55.1 Å². The van der Waals surface area contributed by atoms with Crippen LogP contribution in [0.5, 0.6) is 0 Å². The lowest BCUT2D eigenvalue weighted by atomic mass is 10.2. The van der Waals surface area contributed by atoms with Crippen molar-refractivity contribution in [3.8, 4) is 0 Å². The molecule has 0 aliphatic carbocycles. The van der Waals surface area contributed by atoms with Gasteiger partial charge in [-0.3, -0.25) is 4.68 Å². The van der Waals surface area contributed by atoms with Gasteiger partial charge < -0.3 is 4.74 Å². The first-order chi connectivity index (χ1) is 10.1. The van der Waals surface area contributed by atoms with Crippen LogP contribution >= 0.6 is 0 Å². The molecule has 2 aromatic heterocycles. The molecular formula is C14H21N5O2. The molecule has 2 heterocycles. The second kappa shape index (κ2) is 6.51. The first-order valence-corrected chi connectivity index (χ1v) is 7.11. The van der Waals surface area contributed by atoms with Gasteiger partial charge in [0.25, 0.3) is 0 Å². The summed E-state index contributed by atoms with van der Waals surface area (Å²) >= 11 is 0. The Morgan fingerprint density at radius 1 is 1.43 bits per heavy atom. The number of esters is 1. The zero-order valence-electron chi connectivity index (χ0n) is 12.9. The van der Waals surface area contributed by atoms with Gasteiger partial charge in [0, 0.05) is 12.2 Å². The van der Waals surface area contributed by atoms with E-state index < -0.39 is 5.97 Å². The fourth-order valence-electron chi connectivity index (χ4n) is 2.10. The Hall–Kier alpha value is -2.18. The van der Waals surface area contributed by atoms with E-state index in [0.29, 0.717) is 18.3 Å². The van der Waals surface area contributed by atoms with Crippen molar-refractivity contribution in [2.45, 2.75) is 46.2 Å². The van der Waals surface area contributed by atoms with E-state index in [1.807, 2.05) is 23.9 Å². The van der Waals surface area contributed by atoms with Gasteiger partial charge in [-0.1, -0.05) is 18.6 Å². The highest BCUT2D eigenvalue weighted by molar-refractivity contribution is 5.88. The van der Waals surface area contributed by atoms with Gasteiger partial charge >= 0.3 is 5.97 Å². The second-order valence-corrected chi connectivity index (χ2v) is 5.16. The Balaban J connectivity index is 2.26. The molecule has 0 fully saturated rings. The van der Waals surface area contributed by atoms with Gasteiger partial charge in [-0.2, -0.15) is 5.10 Å². The van der Waals surface area contributed by atoms with Gasteiger partial charge in [0.2, 0.25) is 0 Å². The largest absolute Gasteiger partial charge is 0.464 e. The molecule has 2 rings (SSSR count). The SMILES string of the molecule is CCCc1c(C(=O)OC)nnn1Cc1ccn(C(C)C)n1. The van der Waals surface area contributed by atoms with Gasteiger partial charge in [0.1, 0.15) is 0 Å². The molecule has 0 atom stereocenters. The smallest absolute Gasteiger partial charge is 0.360 e. The standard InChI is InChI=1S/C14H21N5O2/c1-5-6-12-13(14(20)21-4)15-17-19(12)9-11-7-8-18(16-11)10(2)3/h7-8,10H,5-6,9H2,1-4H3. The summed E-state index contributed by atoms with van der Waals surface area (Å²) in [5, 5.41) is 12.5. The van der Waals surface area contributed by atoms with E-state index >= 15 is 0 Å². The third-order valence-electron chi connectivity index (χ3n) is 3.21. The lowest BCUT2D eigenvalue weighted by molar-refractivity contribution is 0.0592. The second-order valence-electron chi connectivity index (χ2n) is 5.16. The van der Waals surface area contributed by atoms with Crippen molar-refractivity contribution < 1.29 is 9.53 Å². The lowest BCUT2D eigenvalue weighted by Gasteiger charge is -2.06. The minimum absolute atomic E-state index is 0.294. The molecule has 0 aromatic carbocycles. The molecule has 0 bridgehead atoms. The number of aromatic nitrogens is 5. The maximum absolute atomic E-state index is 11.7. The predicted molar refractivity (Wildman–Crippen MR) is 77.1 cm³/mol. The predicted octanol–water partition coefficient (Wildman–Crippen LogP) is 1.84. The highest BCUT2D eigenvalue weighted by Crippen LogP contribution is 2.12. The van der Waals surface area contributed by atoms with Crippen molar-refractivity contribution in [2.75, 3.05) is 7.11 Å². The van der Waals surface area contributed by atoms with Crippen molar-refractivity contribution in [3.05, 3.63) is 29.3 Å². The van der Waals surface area contributed by atoms with Crippen LogP contribution in [-0.2, 0) is 17.7 Å². The highest BCUT2D eigenvalue weighted by atomic mass is 16.5. The molecule has 0 spiro atoms. The van der Waals surface area contributed by atoms with Crippen molar-refractivity contribution in [1.82, 2.24) is 24.8 Å². The van der Waals surface area contributed by atoms with Crippen LogP contribution in [0.4, 0.5) is 0 Å². The molecule has 2 aromatic rings. The summed E-state index contributed by atoms with van der Waals surface area (Å²) in [4.78, 5) is 11.7. The molecule has 0 aliphatic rings. The Bertz CT molecular complexity index is 615. The Morgan fingerprint density at radius 2 is 2.19 bits per heavy atom. The Morgan fingerprint density at radius 3 is 2.76 bits per heavy atom. The fraction of sp³-hybridized carbons (Fsp3) is 0.571. The van der Waals surface area contributed by atoms with Crippen LogP contribution < -0.4 is 0 Å². The molecule has 0 saturated carbocycles. The monoisotopic (exact) mass is 291 g/mol. The maximum Gasteiger partial charge on any atom is 0.360 e. The number of nitrogens with zero attached hydrogens (tertiary/aromatic N) is 5. The Labute approximate surface area is 123 Å². The normalized spacial score (nSPS) is 11.1. The van der Waals surface area contributed by atoms with Gasteiger partial charge in [0.15, 0.2) is 5.69 Å². The molecular weight excluding hydrogens is 270 g/mol. The summed E-state index contributed by atoms with van der Waals surface area (Å²) in [5.74, 6) is -0.447. The molecule has 0 saturated heterocycles. The zero-order chi connectivity index (χ0) is 15.4. The zero-order valence-corrected chi connectivity index (χ0v) is 12.9. The van der Waals surface area contributed by atoms with E-state index in [2.05, 4.69) is 29.3 Å². The summed E-state index contributed by atoms with van der Waals surface area (Å²) in [6.07, 6.45) is 3.57.